The number of fused-ring (bicyclic) bond motifs is 1. The first kappa shape index (κ1) is 18.8. The smallest absolute Gasteiger partial charge is 0.322 e. The minimum absolute atomic E-state index is 0.268. The van der Waals surface area contributed by atoms with E-state index in [1.807, 2.05) is 6.07 Å². The third-order valence-electron chi connectivity index (χ3n) is 5.20. The summed E-state index contributed by atoms with van der Waals surface area (Å²) >= 11 is 0. The van der Waals surface area contributed by atoms with Crippen LogP contribution in [0.25, 0.3) is 0 Å². The molecule has 0 spiro atoms. The molecule has 26 heavy (non-hydrogen) atoms. The van der Waals surface area contributed by atoms with Crippen molar-refractivity contribution in [1.82, 2.24) is 9.62 Å². The van der Waals surface area contributed by atoms with Crippen LogP contribution in [0.15, 0.2) is 23.1 Å². The van der Waals surface area contributed by atoms with E-state index >= 15 is 0 Å². The summed E-state index contributed by atoms with van der Waals surface area (Å²) in [5, 5.41) is 11.0. The lowest BCUT2D eigenvalue weighted by Crippen LogP contribution is -2.43. The maximum absolute atomic E-state index is 12.9. The first-order chi connectivity index (χ1) is 12.4. The summed E-state index contributed by atoms with van der Waals surface area (Å²) in [4.78, 5) is 22.8. The van der Waals surface area contributed by atoms with Crippen LogP contribution in [0.5, 0.6) is 0 Å². The molecule has 7 nitrogen and oxygen atoms in total. The molecule has 0 atom stereocenters. The van der Waals surface area contributed by atoms with Gasteiger partial charge in [-0.1, -0.05) is 6.07 Å². The van der Waals surface area contributed by atoms with E-state index in [9.17, 15) is 18.0 Å². The average Bonchev–Trinajstić information content (AvgIpc) is 2.65. The van der Waals surface area contributed by atoms with Gasteiger partial charge in [-0.05, 0) is 61.8 Å². The lowest BCUT2D eigenvalue weighted by molar-refractivity contribution is -0.138. The molecule has 2 N–H and O–H groups in total. The van der Waals surface area contributed by atoms with Crippen molar-refractivity contribution >= 4 is 21.9 Å². The molecule has 0 unspecified atom stereocenters. The first-order valence-electron chi connectivity index (χ1n) is 8.99. The van der Waals surface area contributed by atoms with Gasteiger partial charge in [-0.3, -0.25) is 9.59 Å². The molecule has 142 valence electrons. The fourth-order valence-corrected chi connectivity index (χ4v) is 5.21. The molecule has 3 rings (SSSR count). The lowest BCUT2D eigenvalue weighted by Gasteiger charge is -2.30. The molecule has 1 aromatic rings. The fourth-order valence-electron chi connectivity index (χ4n) is 3.68. The Morgan fingerprint density at radius 3 is 2.42 bits per heavy atom. The number of aliphatic carboxylic acids is 1. The van der Waals surface area contributed by atoms with Crippen molar-refractivity contribution in [3.63, 3.8) is 0 Å². The van der Waals surface area contributed by atoms with E-state index in [0.29, 0.717) is 17.7 Å². The van der Waals surface area contributed by atoms with Gasteiger partial charge in [-0.2, -0.15) is 4.31 Å². The normalized spacial score (nSPS) is 18.9. The quantitative estimate of drug-likeness (QED) is 0.798. The number of nitrogens with zero attached hydrogens (tertiary/aromatic N) is 1. The van der Waals surface area contributed by atoms with Gasteiger partial charge in [0.25, 0.3) is 0 Å². The number of carbonyl (C=O) groups excluding carboxylic acids is 1. The number of hydrogen-bond donors (Lipinski definition) is 2. The molecular formula is C18H24N2O5S. The zero-order valence-corrected chi connectivity index (χ0v) is 15.4. The fraction of sp³-hybridized carbons (Fsp3) is 0.556. The highest BCUT2D eigenvalue weighted by Gasteiger charge is 2.32. The summed E-state index contributed by atoms with van der Waals surface area (Å²) in [6, 6.07) is 5.41. The van der Waals surface area contributed by atoms with Crippen LogP contribution in [0.1, 0.15) is 36.8 Å². The maximum atomic E-state index is 12.9. The number of nitrogens with one attached hydrogen (secondary N) is 1. The van der Waals surface area contributed by atoms with Gasteiger partial charge in [0, 0.05) is 19.0 Å². The molecule has 1 heterocycles. The zero-order chi connectivity index (χ0) is 18.7. The largest absolute Gasteiger partial charge is 0.480 e. The van der Waals surface area contributed by atoms with Crippen molar-refractivity contribution in [2.24, 2.45) is 5.92 Å². The third-order valence-corrected chi connectivity index (χ3v) is 7.09. The highest BCUT2D eigenvalue weighted by Crippen LogP contribution is 2.28. The second-order valence-corrected chi connectivity index (χ2v) is 8.87. The number of aryl methyl sites for hydroxylation is 2. The van der Waals surface area contributed by atoms with Gasteiger partial charge in [0.15, 0.2) is 0 Å². The Hall–Kier alpha value is -1.93. The second-order valence-electron chi connectivity index (χ2n) is 6.93. The number of benzene rings is 1. The summed E-state index contributed by atoms with van der Waals surface area (Å²) in [7, 11) is -3.56. The summed E-state index contributed by atoms with van der Waals surface area (Å²) in [5.41, 5.74) is 2.37. The molecule has 0 saturated carbocycles. The minimum atomic E-state index is -3.56. The molecule has 0 bridgehead atoms. The Morgan fingerprint density at radius 2 is 1.77 bits per heavy atom. The number of piperidine rings is 1. The number of hydrogen-bond acceptors (Lipinski definition) is 4. The van der Waals surface area contributed by atoms with Crippen LogP contribution >= 0.6 is 0 Å². The van der Waals surface area contributed by atoms with Gasteiger partial charge in [-0.25, -0.2) is 8.42 Å². The summed E-state index contributed by atoms with van der Waals surface area (Å²) < 4.78 is 27.3. The van der Waals surface area contributed by atoms with Crippen molar-refractivity contribution in [1.29, 1.82) is 0 Å². The molecular weight excluding hydrogens is 356 g/mol. The number of rotatable bonds is 5. The molecule has 1 aliphatic heterocycles. The SMILES string of the molecule is O=C(O)CNC(=O)C1CCN(S(=O)(=O)c2ccc3c(c2)CCCC3)CC1. The molecule has 0 aromatic heterocycles. The molecule has 2 aliphatic rings. The van der Waals surface area contributed by atoms with Crippen LogP contribution in [0.2, 0.25) is 0 Å². The van der Waals surface area contributed by atoms with Crippen molar-refractivity contribution in [2.75, 3.05) is 19.6 Å². The number of carbonyl (C=O) groups is 2. The lowest BCUT2D eigenvalue weighted by atomic mass is 9.92. The number of carboxylic acids is 1. The standard InChI is InChI=1S/C18H24N2O5S/c21-17(22)12-19-18(23)14-7-9-20(10-8-14)26(24,25)16-6-5-13-3-1-2-4-15(13)11-16/h5-6,11,14H,1-4,7-10,12H2,(H,19,23)(H,21,22). The monoisotopic (exact) mass is 380 g/mol. The second kappa shape index (κ2) is 7.75. The number of carboxylic acid groups (broad SMARTS) is 1. The van der Waals surface area contributed by atoms with Crippen LogP contribution in [0.4, 0.5) is 0 Å². The topological polar surface area (TPSA) is 104 Å². The molecule has 1 saturated heterocycles. The highest BCUT2D eigenvalue weighted by molar-refractivity contribution is 7.89. The van der Waals surface area contributed by atoms with Crippen molar-refractivity contribution in [3.05, 3.63) is 29.3 Å². The van der Waals surface area contributed by atoms with E-state index < -0.39 is 22.5 Å². The predicted octanol–water partition coefficient (Wildman–Crippen LogP) is 1.17. The van der Waals surface area contributed by atoms with E-state index in [1.54, 1.807) is 12.1 Å². The van der Waals surface area contributed by atoms with E-state index in [2.05, 4.69) is 5.32 Å². The van der Waals surface area contributed by atoms with Crippen LogP contribution in [0, 0.1) is 5.92 Å². The highest BCUT2D eigenvalue weighted by atomic mass is 32.2. The van der Waals surface area contributed by atoms with E-state index in [4.69, 9.17) is 5.11 Å². The first-order valence-corrected chi connectivity index (χ1v) is 10.4. The van der Waals surface area contributed by atoms with E-state index in [1.165, 1.54) is 9.87 Å². The van der Waals surface area contributed by atoms with Crippen LogP contribution < -0.4 is 5.32 Å². The van der Waals surface area contributed by atoms with Crippen molar-refractivity contribution < 1.29 is 23.1 Å². The molecule has 0 radical (unpaired) electrons. The molecule has 8 heteroatoms. The number of amides is 1. The average molecular weight is 380 g/mol. The van der Waals surface area contributed by atoms with E-state index in [-0.39, 0.29) is 24.9 Å². The van der Waals surface area contributed by atoms with Crippen LogP contribution in [0.3, 0.4) is 0 Å². The Balaban J connectivity index is 1.65. The summed E-state index contributed by atoms with van der Waals surface area (Å²) in [5.74, 6) is -1.76. The molecule has 1 aliphatic carbocycles. The minimum Gasteiger partial charge on any atom is -0.480 e. The van der Waals surface area contributed by atoms with Gasteiger partial charge in [0.2, 0.25) is 15.9 Å². The Labute approximate surface area is 153 Å². The van der Waals surface area contributed by atoms with Crippen LogP contribution in [-0.2, 0) is 32.5 Å². The Kier molecular flexibility index (Phi) is 5.62. The van der Waals surface area contributed by atoms with Gasteiger partial charge < -0.3 is 10.4 Å². The van der Waals surface area contributed by atoms with Gasteiger partial charge in [0.1, 0.15) is 6.54 Å². The summed E-state index contributed by atoms with van der Waals surface area (Å²) in [6.07, 6.45) is 4.96. The maximum Gasteiger partial charge on any atom is 0.322 e. The molecule has 1 amide bonds. The zero-order valence-electron chi connectivity index (χ0n) is 14.6. The third kappa shape index (κ3) is 4.07. The predicted molar refractivity (Wildman–Crippen MR) is 95.2 cm³/mol. The van der Waals surface area contributed by atoms with Crippen molar-refractivity contribution in [2.45, 2.75) is 43.4 Å². The Morgan fingerprint density at radius 1 is 1.12 bits per heavy atom. The van der Waals surface area contributed by atoms with Crippen LogP contribution in [-0.4, -0.2) is 49.3 Å². The molecule has 1 fully saturated rings. The van der Waals surface area contributed by atoms with E-state index in [0.717, 1.165) is 31.2 Å². The van der Waals surface area contributed by atoms with Crippen molar-refractivity contribution in [3.8, 4) is 0 Å². The summed E-state index contributed by atoms with van der Waals surface area (Å²) in [6.45, 7) is 0.127. The van der Waals surface area contributed by atoms with Gasteiger partial charge >= 0.3 is 5.97 Å². The molecule has 1 aromatic carbocycles. The Bertz CT molecular complexity index is 798. The van der Waals surface area contributed by atoms with Gasteiger partial charge in [0.05, 0.1) is 4.90 Å². The van der Waals surface area contributed by atoms with Gasteiger partial charge in [-0.15, -0.1) is 0 Å². The number of sulfonamides is 1.